The maximum absolute atomic E-state index is 13.3. The number of aliphatic hydroxyl groups excluding tert-OH is 1. The summed E-state index contributed by atoms with van der Waals surface area (Å²) < 4.78 is 2.32. The van der Waals surface area contributed by atoms with Crippen LogP contribution in [0.2, 0.25) is 5.02 Å². The van der Waals surface area contributed by atoms with E-state index < -0.39 is 12.0 Å². The van der Waals surface area contributed by atoms with Crippen LogP contribution in [0.4, 0.5) is 0 Å². The van der Waals surface area contributed by atoms with Crippen LogP contribution in [0.5, 0.6) is 0 Å². The van der Waals surface area contributed by atoms with E-state index in [1.54, 1.807) is 30.5 Å². The minimum absolute atomic E-state index is 0.0823. The number of carbonyl (C=O) groups is 1. The third kappa shape index (κ3) is 5.44. The molecule has 0 aliphatic rings. The molecular weight excluding hydrogens is 500 g/mol. The van der Waals surface area contributed by atoms with Gasteiger partial charge in [-0.15, -0.1) is 11.3 Å². The summed E-state index contributed by atoms with van der Waals surface area (Å²) in [5.41, 5.74) is 2.36. The van der Waals surface area contributed by atoms with Crippen molar-refractivity contribution in [3.05, 3.63) is 102 Å². The molecule has 0 aliphatic carbocycles. The number of aromatic nitrogens is 2. The number of likely N-dealkylation sites (N-methyl/N-ethyl adjacent to an activating group) is 1. The number of hydrogen-bond donors (Lipinski definition) is 3. The van der Waals surface area contributed by atoms with Crippen molar-refractivity contribution in [1.29, 1.82) is 0 Å². The Labute approximate surface area is 216 Å². The highest BCUT2D eigenvalue weighted by Crippen LogP contribution is 2.30. The maximum Gasteiger partial charge on any atom is 0.257 e. The summed E-state index contributed by atoms with van der Waals surface area (Å²) >= 11 is 7.26. The van der Waals surface area contributed by atoms with Crippen molar-refractivity contribution in [2.75, 3.05) is 13.6 Å². The Morgan fingerprint density at radius 3 is 2.67 bits per heavy atom. The highest BCUT2D eigenvalue weighted by Gasteiger charge is 2.21. The van der Waals surface area contributed by atoms with Gasteiger partial charge >= 0.3 is 0 Å². The SMILES string of the molecule is Cc1c(CN(C)CC(O)c2ccc[nH]c2=O)sc2c(=O)c(C(=O)NCc3ccc(Cl)cc3)cn(C)c12. The van der Waals surface area contributed by atoms with Crippen LogP contribution in [0.1, 0.15) is 38.0 Å². The second-order valence-corrected chi connectivity index (χ2v) is 10.3. The Kier molecular flexibility index (Phi) is 7.75. The van der Waals surface area contributed by atoms with Gasteiger partial charge < -0.3 is 20.0 Å². The molecule has 188 valence electrons. The molecule has 1 unspecified atom stereocenters. The van der Waals surface area contributed by atoms with Crippen LogP contribution in [-0.4, -0.2) is 39.1 Å². The minimum Gasteiger partial charge on any atom is -0.387 e. The second-order valence-electron chi connectivity index (χ2n) is 8.79. The Balaban J connectivity index is 1.54. The van der Waals surface area contributed by atoms with Gasteiger partial charge in [0.25, 0.3) is 11.5 Å². The second kappa shape index (κ2) is 10.8. The largest absolute Gasteiger partial charge is 0.387 e. The van der Waals surface area contributed by atoms with E-state index in [1.807, 2.05) is 42.6 Å². The summed E-state index contributed by atoms with van der Waals surface area (Å²) in [6.07, 6.45) is 2.15. The minimum atomic E-state index is -0.947. The topological polar surface area (TPSA) is 107 Å². The van der Waals surface area contributed by atoms with Gasteiger partial charge in [-0.1, -0.05) is 23.7 Å². The summed E-state index contributed by atoms with van der Waals surface area (Å²) in [4.78, 5) is 43.5. The number of aryl methyl sites for hydroxylation is 2. The van der Waals surface area contributed by atoms with Gasteiger partial charge in [-0.05, 0) is 49.4 Å². The zero-order chi connectivity index (χ0) is 26.0. The highest BCUT2D eigenvalue weighted by molar-refractivity contribution is 7.19. The molecule has 4 aromatic rings. The van der Waals surface area contributed by atoms with Crippen molar-refractivity contribution in [1.82, 2.24) is 19.8 Å². The predicted octanol–water partition coefficient (Wildman–Crippen LogP) is 3.35. The molecule has 36 heavy (non-hydrogen) atoms. The molecule has 0 bridgehead atoms. The molecule has 0 fully saturated rings. The van der Waals surface area contributed by atoms with Gasteiger partial charge in [0.1, 0.15) is 5.56 Å². The standard InChI is InChI=1S/C26H27ClN4O4S/c1-15-21(14-30(2)13-20(32)18-5-4-10-28-25(18)34)36-24-22(15)31(3)12-19(23(24)33)26(35)29-11-16-6-8-17(27)9-7-16/h4-10,12,20,32H,11,13-14H2,1-3H3,(H,28,34)(H,29,35). The predicted molar refractivity (Wildman–Crippen MR) is 143 cm³/mol. The monoisotopic (exact) mass is 526 g/mol. The quantitative estimate of drug-likeness (QED) is 0.326. The van der Waals surface area contributed by atoms with E-state index in [0.717, 1.165) is 21.5 Å². The Hall–Kier alpha value is -3.24. The zero-order valence-corrected chi connectivity index (χ0v) is 21.7. The fourth-order valence-corrected chi connectivity index (χ4v) is 5.66. The number of amides is 1. The molecule has 4 rings (SSSR count). The first kappa shape index (κ1) is 25.8. The van der Waals surface area contributed by atoms with Gasteiger partial charge in [-0.25, -0.2) is 0 Å². The normalized spacial score (nSPS) is 12.3. The van der Waals surface area contributed by atoms with E-state index in [2.05, 4.69) is 10.3 Å². The number of pyridine rings is 2. The van der Waals surface area contributed by atoms with Crippen molar-refractivity contribution >= 4 is 39.1 Å². The molecule has 3 aromatic heterocycles. The van der Waals surface area contributed by atoms with Crippen LogP contribution < -0.4 is 16.3 Å². The summed E-state index contributed by atoms with van der Waals surface area (Å²) in [6, 6.07) is 10.4. The molecule has 0 saturated heterocycles. The van der Waals surface area contributed by atoms with E-state index in [1.165, 1.54) is 17.5 Å². The number of aromatic amines is 1. The first-order valence-electron chi connectivity index (χ1n) is 11.3. The van der Waals surface area contributed by atoms with Gasteiger partial charge in [0, 0.05) is 54.5 Å². The van der Waals surface area contributed by atoms with Crippen LogP contribution in [-0.2, 0) is 20.1 Å². The third-order valence-corrected chi connectivity index (χ3v) is 7.57. The Morgan fingerprint density at radius 1 is 1.25 bits per heavy atom. The molecule has 1 atom stereocenters. The fourth-order valence-electron chi connectivity index (χ4n) is 4.16. The number of rotatable bonds is 8. The molecule has 0 radical (unpaired) electrons. The number of halogens is 1. The average molecular weight is 527 g/mol. The van der Waals surface area contributed by atoms with Gasteiger partial charge in [-0.3, -0.25) is 19.3 Å². The molecule has 3 N–H and O–H groups in total. The van der Waals surface area contributed by atoms with E-state index in [0.29, 0.717) is 21.8 Å². The number of fused-ring (bicyclic) bond motifs is 1. The number of carbonyl (C=O) groups excluding carboxylic acids is 1. The molecule has 8 nitrogen and oxygen atoms in total. The van der Waals surface area contributed by atoms with Crippen molar-refractivity contribution < 1.29 is 9.90 Å². The zero-order valence-electron chi connectivity index (χ0n) is 20.2. The fraction of sp³-hybridized carbons (Fsp3) is 0.269. The van der Waals surface area contributed by atoms with E-state index in [-0.39, 0.29) is 29.6 Å². The van der Waals surface area contributed by atoms with Crippen molar-refractivity contribution in [3.8, 4) is 0 Å². The number of nitrogens with one attached hydrogen (secondary N) is 2. The number of nitrogens with zero attached hydrogens (tertiary/aromatic N) is 2. The van der Waals surface area contributed by atoms with Crippen molar-refractivity contribution in [2.45, 2.75) is 26.1 Å². The Bertz CT molecular complexity index is 1520. The number of benzene rings is 1. The van der Waals surface area contributed by atoms with Crippen molar-refractivity contribution in [3.63, 3.8) is 0 Å². The molecule has 1 aromatic carbocycles. The summed E-state index contributed by atoms with van der Waals surface area (Å²) in [7, 11) is 3.66. The maximum atomic E-state index is 13.3. The summed E-state index contributed by atoms with van der Waals surface area (Å²) in [5.74, 6) is -0.437. The van der Waals surface area contributed by atoms with Gasteiger partial charge in [0.2, 0.25) is 5.43 Å². The number of thiophene rings is 1. The van der Waals surface area contributed by atoms with Crippen LogP contribution >= 0.6 is 22.9 Å². The lowest BCUT2D eigenvalue weighted by atomic mass is 10.1. The smallest absolute Gasteiger partial charge is 0.257 e. The summed E-state index contributed by atoms with van der Waals surface area (Å²) in [6.45, 7) is 2.95. The molecular formula is C26H27ClN4O4S. The number of aliphatic hydroxyl groups is 1. The van der Waals surface area contributed by atoms with E-state index >= 15 is 0 Å². The molecule has 0 spiro atoms. The lowest BCUT2D eigenvalue weighted by Gasteiger charge is -2.20. The average Bonchev–Trinajstić information content (AvgIpc) is 3.17. The molecule has 3 heterocycles. The molecule has 10 heteroatoms. The van der Waals surface area contributed by atoms with Crippen LogP contribution in [0.3, 0.4) is 0 Å². The molecule has 1 amide bonds. The molecule has 0 aliphatic heterocycles. The van der Waals surface area contributed by atoms with E-state index in [9.17, 15) is 19.5 Å². The van der Waals surface area contributed by atoms with Crippen LogP contribution in [0, 0.1) is 6.92 Å². The van der Waals surface area contributed by atoms with Crippen LogP contribution in [0.15, 0.2) is 58.4 Å². The summed E-state index contributed by atoms with van der Waals surface area (Å²) in [5, 5.41) is 13.9. The highest BCUT2D eigenvalue weighted by atomic mass is 35.5. The number of H-pyrrole nitrogens is 1. The van der Waals surface area contributed by atoms with Gasteiger partial charge in [0.05, 0.1) is 16.3 Å². The van der Waals surface area contributed by atoms with Crippen molar-refractivity contribution in [2.24, 2.45) is 7.05 Å². The van der Waals surface area contributed by atoms with E-state index in [4.69, 9.17) is 11.6 Å². The van der Waals surface area contributed by atoms with Gasteiger partial charge in [0.15, 0.2) is 0 Å². The van der Waals surface area contributed by atoms with Gasteiger partial charge in [-0.2, -0.15) is 0 Å². The number of hydrogen-bond acceptors (Lipinski definition) is 6. The first-order chi connectivity index (χ1) is 17.2. The molecule has 0 saturated carbocycles. The van der Waals surface area contributed by atoms with Crippen LogP contribution in [0.25, 0.3) is 10.2 Å². The first-order valence-corrected chi connectivity index (χ1v) is 12.5. The third-order valence-electron chi connectivity index (χ3n) is 6.06. The lowest BCUT2D eigenvalue weighted by molar-refractivity contribution is 0.0949. The Morgan fingerprint density at radius 2 is 1.97 bits per heavy atom. The lowest BCUT2D eigenvalue weighted by Crippen LogP contribution is -2.29.